The van der Waals surface area contributed by atoms with E-state index in [4.69, 9.17) is 16.8 Å². The highest BCUT2D eigenvalue weighted by Gasteiger charge is 2.03. The Kier molecular flexibility index (Phi) is 1.94. The molecule has 0 fully saturated rings. The molecule has 1 heterocycles. The summed E-state index contributed by atoms with van der Waals surface area (Å²) in [6, 6.07) is 5.57. The molecule has 2 rings (SSSR count). The lowest BCUT2D eigenvalue weighted by atomic mass is 10.2. The number of hydrogen-bond donors (Lipinski definition) is 2. The average molecular weight is 195 g/mol. The molecular formula is C9H7ClN2O. The maximum atomic E-state index is 8.39. The molecule has 1 aromatic carbocycles. The highest BCUT2D eigenvalue weighted by molar-refractivity contribution is 6.35. The van der Waals surface area contributed by atoms with Crippen LogP contribution in [0.15, 0.2) is 29.6 Å². The SMILES string of the molecule is O/N=C/c1c[nH]c2c(Cl)cccc12. The van der Waals surface area contributed by atoms with Crippen molar-refractivity contribution < 1.29 is 5.21 Å². The van der Waals surface area contributed by atoms with Crippen LogP contribution in [0, 0.1) is 0 Å². The van der Waals surface area contributed by atoms with Gasteiger partial charge in [-0.15, -0.1) is 0 Å². The number of halogens is 1. The molecule has 66 valence electrons. The Morgan fingerprint density at radius 3 is 3.08 bits per heavy atom. The van der Waals surface area contributed by atoms with Gasteiger partial charge in [0.25, 0.3) is 0 Å². The first-order valence-electron chi connectivity index (χ1n) is 3.76. The first-order chi connectivity index (χ1) is 6.33. The predicted octanol–water partition coefficient (Wildman–Crippen LogP) is 2.63. The van der Waals surface area contributed by atoms with E-state index < -0.39 is 0 Å². The predicted molar refractivity (Wildman–Crippen MR) is 52.7 cm³/mol. The van der Waals surface area contributed by atoms with Crippen molar-refractivity contribution in [2.75, 3.05) is 0 Å². The zero-order chi connectivity index (χ0) is 9.26. The van der Waals surface area contributed by atoms with Gasteiger partial charge in [-0.25, -0.2) is 0 Å². The number of H-pyrrole nitrogens is 1. The van der Waals surface area contributed by atoms with E-state index >= 15 is 0 Å². The van der Waals surface area contributed by atoms with Gasteiger partial charge in [0.1, 0.15) is 0 Å². The van der Waals surface area contributed by atoms with E-state index in [2.05, 4.69) is 10.1 Å². The Morgan fingerprint density at radius 2 is 2.31 bits per heavy atom. The summed E-state index contributed by atoms with van der Waals surface area (Å²) in [5, 5.41) is 13.0. The molecule has 0 amide bonds. The molecule has 2 aromatic rings. The van der Waals surface area contributed by atoms with E-state index in [1.807, 2.05) is 12.1 Å². The second kappa shape index (κ2) is 3.11. The van der Waals surface area contributed by atoms with Crippen molar-refractivity contribution in [3.05, 3.63) is 35.0 Å². The first-order valence-corrected chi connectivity index (χ1v) is 4.14. The number of nitrogens with one attached hydrogen (secondary N) is 1. The van der Waals surface area contributed by atoms with Gasteiger partial charge in [0, 0.05) is 17.1 Å². The summed E-state index contributed by atoms with van der Waals surface area (Å²) in [5.41, 5.74) is 1.68. The second-order valence-corrected chi connectivity index (χ2v) is 3.06. The number of hydrogen-bond acceptors (Lipinski definition) is 2. The Morgan fingerprint density at radius 1 is 1.46 bits per heavy atom. The van der Waals surface area contributed by atoms with E-state index in [1.165, 1.54) is 6.21 Å². The van der Waals surface area contributed by atoms with Gasteiger partial charge in [-0.2, -0.15) is 0 Å². The number of benzene rings is 1. The van der Waals surface area contributed by atoms with Gasteiger partial charge in [0.05, 0.1) is 16.8 Å². The minimum Gasteiger partial charge on any atom is -0.411 e. The first kappa shape index (κ1) is 8.13. The standard InChI is InChI=1S/C9H7ClN2O/c10-8-3-1-2-7-6(5-12-13)4-11-9(7)8/h1-5,11,13H/b12-5+. The van der Waals surface area contributed by atoms with Crippen molar-refractivity contribution in [2.24, 2.45) is 5.16 Å². The zero-order valence-corrected chi connectivity index (χ0v) is 7.42. The lowest BCUT2D eigenvalue weighted by Gasteiger charge is -1.92. The van der Waals surface area contributed by atoms with Crippen LogP contribution >= 0.6 is 11.6 Å². The number of para-hydroxylation sites is 1. The summed E-state index contributed by atoms with van der Waals surface area (Å²) >= 11 is 5.93. The Hall–Kier alpha value is -1.48. The van der Waals surface area contributed by atoms with E-state index in [-0.39, 0.29) is 0 Å². The molecule has 0 aliphatic heterocycles. The molecular weight excluding hydrogens is 188 g/mol. The zero-order valence-electron chi connectivity index (χ0n) is 6.66. The summed E-state index contributed by atoms with van der Waals surface area (Å²) in [6.45, 7) is 0. The third-order valence-electron chi connectivity index (χ3n) is 1.89. The van der Waals surface area contributed by atoms with Gasteiger partial charge in [0.2, 0.25) is 0 Å². The number of fused-ring (bicyclic) bond motifs is 1. The fourth-order valence-electron chi connectivity index (χ4n) is 1.31. The van der Waals surface area contributed by atoms with Crippen LogP contribution in [0.25, 0.3) is 10.9 Å². The Balaban J connectivity index is 2.75. The van der Waals surface area contributed by atoms with Crippen molar-refractivity contribution in [2.45, 2.75) is 0 Å². The molecule has 0 saturated carbocycles. The van der Waals surface area contributed by atoms with E-state index in [1.54, 1.807) is 12.3 Å². The van der Waals surface area contributed by atoms with E-state index in [9.17, 15) is 0 Å². The van der Waals surface area contributed by atoms with Crippen molar-refractivity contribution >= 4 is 28.7 Å². The molecule has 0 aliphatic carbocycles. The summed E-state index contributed by atoms with van der Waals surface area (Å²) in [6.07, 6.45) is 3.12. The van der Waals surface area contributed by atoms with Crippen LogP contribution in [0.2, 0.25) is 5.02 Å². The van der Waals surface area contributed by atoms with Crippen LogP contribution in [0.5, 0.6) is 0 Å². The fraction of sp³-hybridized carbons (Fsp3) is 0. The van der Waals surface area contributed by atoms with Crippen LogP contribution in [-0.4, -0.2) is 16.4 Å². The van der Waals surface area contributed by atoms with Crippen molar-refractivity contribution in [1.82, 2.24) is 4.98 Å². The van der Waals surface area contributed by atoms with E-state index in [0.717, 1.165) is 16.5 Å². The van der Waals surface area contributed by atoms with Crippen LogP contribution in [0.4, 0.5) is 0 Å². The summed E-state index contributed by atoms with van der Waals surface area (Å²) in [7, 11) is 0. The molecule has 1 aromatic heterocycles. The van der Waals surface area contributed by atoms with E-state index in [0.29, 0.717) is 5.02 Å². The average Bonchev–Trinajstić information content (AvgIpc) is 2.51. The lowest BCUT2D eigenvalue weighted by molar-refractivity contribution is 0.322. The summed E-state index contributed by atoms with van der Waals surface area (Å²) in [5.74, 6) is 0. The minimum absolute atomic E-state index is 0.662. The number of rotatable bonds is 1. The van der Waals surface area contributed by atoms with Gasteiger partial charge < -0.3 is 10.2 Å². The van der Waals surface area contributed by atoms with Gasteiger partial charge in [0.15, 0.2) is 0 Å². The molecule has 0 bridgehead atoms. The topological polar surface area (TPSA) is 48.4 Å². The van der Waals surface area contributed by atoms with Crippen LogP contribution in [-0.2, 0) is 0 Å². The van der Waals surface area contributed by atoms with Gasteiger partial charge in [-0.3, -0.25) is 0 Å². The molecule has 4 heteroatoms. The van der Waals surface area contributed by atoms with Crippen molar-refractivity contribution in [3.63, 3.8) is 0 Å². The molecule has 3 nitrogen and oxygen atoms in total. The third kappa shape index (κ3) is 1.27. The second-order valence-electron chi connectivity index (χ2n) is 2.65. The van der Waals surface area contributed by atoms with Crippen molar-refractivity contribution in [3.8, 4) is 0 Å². The third-order valence-corrected chi connectivity index (χ3v) is 2.21. The van der Waals surface area contributed by atoms with Crippen LogP contribution in [0.3, 0.4) is 0 Å². The monoisotopic (exact) mass is 194 g/mol. The maximum Gasteiger partial charge on any atom is 0.0755 e. The van der Waals surface area contributed by atoms with Crippen molar-refractivity contribution in [1.29, 1.82) is 0 Å². The Labute approximate surface area is 79.6 Å². The highest BCUT2D eigenvalue weighted by Crippen LogP contribution is 2.23. The molecule has 0 unspecified atom stereocenters. The molecule has 2 N–H and O–H groups in total. The Bertz CT molecular complexity index is 462. The smallest absolute Gasteiger partial charge is 0.0755 e. The molecule has 0 spiro atoms. The quantitative estimate of drug-likeness (QED) is 0.409. The molecule has 0 radical (unpaired) electrons. The number of oxime groups is 1. The molecule has 0 saturated heterocycles. The van der Waals surface area contributed by atoms with Crippen LogP contribution in [0.1, 0.15) is 5.56 Å². The summed E-state index contributed by atoms with van der Waals surface area (Å²) in [4.78, 5) is 3.01. The number of aromatic nitrogens is 1. The van der Waals surface area contributed by atoms with Gasteiger partial charge >= 0.3 is 0 Å². The van der Waals surface area contributed by atoms with Gasteiger partial charge in [-0.1, -0.05) is 28.9 Å². The molecule has 0 atom stereocenters. The normalized spacial score (nSPS) is 11.5. The largest absolute Gasteiger partial charge is 0.411 e. The van der Waals surface area contributed by atoms with Crippen LogP contribution < -0.4 is 0 Å². The maximum absolute atomic E-state index is 8.39. The lowest BCUT2D eigenvalue weighted by Crippen LogP contribution is -1.76. The van der Waals surface area contributed by atoms with Gasteiger partial charge in [-0.05, 0) is 6.07 Å². The number of nitrogens with zero attached hydrogens (tertiary/aromatic N) is 1. The summed E-state index contributed by atoms with van der Waals surface area (Å²) < 4.78 is 0. The molecule has 0 aliphatic rings. The number of aromatic amines is 1. The fourth-order valence-corrected chi connectivity index (χ4v) is 1.54. The molecule has 13 heavy (non-hydrogen) atoms. The highest BCUT2D eigenvalue weighted by atomic mass is 35.5. The minimum atomic E-state index is 0.662.